The quantitative estimate of drug-likeness (QED) is 0.730. The van der Waals surface area contributed by atoms with Crippen LogP contribution in [0.5, 0.6) is 0 Å². The molecule has 0 aliphatic heterocycles. The van der Waals surface area contributed by atoms with Crippen molar-refractivity contribution in [3.63, 3.8) is 0 Å². The van der Waals surface area contributed by atoms with Gasteiger partial charge in [0.25, 0.3) is 0 Å². The maximum absolute atomic E-state index is 12.6. The maximum atomic E-state index is 12.6. The van der Waals surface area contributed by atoms with Crippen LogP contribution >= 0.6 is 0 Å². The molecule has 0 unspecified atom stereocenters. The average molecular weight is 247 g/mol. The lowest BCUT2D eigenvalue weighted by molar-refractivity contribution is -0.138. The molecule has 0 saturated carbocycles. The summed E-state index contributed by atoms with van der Waals surface area (Å²) in [5, 5.41) is 0. The smallest absolute Gasteiger partial charge is 0.261 e. The first-order valence-corrected chi connectivity index (χ1v) is 5.92. The summed E-state index contributed by atoms with van der Waals surface area (Å²) in [7, 11) is 0. The summed E-state index contributed by atoms with van der Waals surface area (Å²) in [6.07, 6.45) is -2.72. The number of hydrogen-bond donors (Lipinski definition) is 0. The maximum Gasteiger partial charge on any atom is 0.418 e. The van der Waals surface area contributed by atoms with Gasteiger partial charge in [-0.05, 0) is 24.0 Å². The molecule has 0 radical (unpaired) electrons. The summed E-state index contributed by atoms with van der Waals surface area (Å²) >= 11 is 0. The van der Waals surface area contributed by atoms with Crippen molar-refractivity contribution in [2.45, 2.75) is 53.1 Å². The highest BCUT2D eigenvalue weighted by atomic mass is 19.4. The predicted octanol–water partition coefficient (Wildman–Crippen LogP) is 4.81. The topological polar surface area (TPSA) is 12.9 Å². The number of nitrogens with zero attached hydrogens (tertiary/aromatic N) is 1. The summed E-state index contributed by atoms with van der Waals surface area (Å²) in [5.41, 5.74) is 0.413. The van der Waals surface area contributed by atoms with E-state index in [1.54, 1.807) is 19.9 Å². The van der Waals surface area contributed by atoms with E-state index in [1.165, 1.54) is 0 Å². The second-order valence-electron chi connectivity index (χ2n) is 3.77. The molecule has 1 aromatic heterocycles. The lowest BCUT2D eigenvalue weighted by Gasteiger charge is -2.15. The van der Waals surface area contributed by atoms with Crippen molar-refractivity contribution in [2.24, 2.45) is 0 Å². The Labute approximate surface area is 101 Å². The van der Waals surface area contributed by atoms with Crippen molar-refractivity contribution in [1.29, 1.82) is 0 Å². The molecule has 0 amide bonds. The third-order valence-electron chi connectivity index (χ3n) is 2.28. The van der Waals surface area contributed by atoms with Crippen molar-refractivity contribution in [3.8, 4) is 0 Å². The number of aromatic nitrogens is 1. The van der Waals surface area contributed by atoms with Crippen LogP contribution in [-0.4, -0.2) is 4.98 Å². The fraction of sp³-hybridized carbons (Fsp3) is 0.615. The largest absolute Gasteiger partial charge is 0.418 e. The molecule has 0 aromatic carbocycles. The number of alkyl halides is 3. The minimum atomic E-state index is -4.31. The van der Waals surface area contributed by atoms with Gasteiger partial charge in [0.2, 0.25) is 0 Å². The summed E-state index contributed by atoms with van der Waals surface area (Å²) in [5.74, 6) is -0.144. The Bertz CT molecular complexity index is 343. The van der Waals surface area contributed by atoms with Gasteiger partial charge in [-0.3, -0.25) is 4.98 Å². The van der Waals surface area contributed by atoms with Gasteiger partial charge in [-0.1, -0.05) is 34.6 Å². The van der Waals surface area contributed by atoms with Crippen LogP contribution in [0.25, 0.3) is 0 Å². The highest BCUT2D eigenvalue weighted by molar-refractivity contribution is 5.31. The minimum absolute atomic E-state index is 0.144. The SMILES string of the molecule is CC.CCc1cc(C(C)C)c(C(F)(F)F)cn1. The van der Waals surface area contributed by atoms with Gasteiger partial charge < -0.3 is 0 Å². The summed E-state index contributed by atoms with van der Waals surface area (Å²) in [6, 6.07) is 1.55. The molecule has 17 heavy (non-hydrogen) atoms. The Kier molecular flexibility index (Phi) is 6.21. The van der Waals surface area contributed by atoms with Gasteiger partial charge in [-0.2, -0.15) is 13.2 Å². The van der Waals surface area contributed by atoms with Crippen LogP contribution in [-0.2, 0) is 12.6 Å². The van der Waals surface area contributed by atoms with E-state index in [9.17, 15) is 13.2 Å². The van der Waals surface area contributed by atoms with Crippen LogP contribution in [0.4, 0.5) is 13.2 Å². The predicted molar refractivity (Wildman–Crippen MR) is 64.1 cm³/mol. The minimum Gasteiger partial charge on any atom is -0.261 e. The lowest BCUT2D eigenvalue weighted by Crippen LogP contribution is -2.11. The first-order valence-electron chi connectivity index (χ1n) is 5.92. The van der Waals surface area contributed by atoms with Crippen molar-refractivity contribution in [3.05, 3.63) is 29.1 Å². The molecule has 1 aromatic rings. The molecule has 0 spiro atoms. The van der Waals surface area contributed by atoms with Crippen molar-refractivity contribution in [2.75, 3.05) is 0 Å². The van der Waals surface area contributed by atoms with E-state index in [0.717, 1.165) is 6.20 Å². The van der Waals surface area contributed by atoms with Gasteiger partial charge in [-0.15, -0.1) is 0 Å². The van der Waals surface area contributed by atoms with E-state index in [4.69, 9.17) is 0 Å². The molecule has 0 N–H and O–H groups in total. The van der Waals surface area contributed by atoms with Gasteiger partial charge >= 0.3 is 6.18 Å². The van der Waals surface area contributed by atoms with Crippen LogP contribution in [0.15, 0.2) is 12.3 Å². The van der Waals surface area contributed by atoms with E-state index in [2.05, 4.69) is 4.98 Å². The second-order valence-corrected chi connectivity index (χ2v) is 3.77. The third kappa shape index (κ3) is 4.36. The van der Waals surface area contributed by atoms with Crippen LogP contribution in [0.1, 0.15) is 57.4 Å². The molecule has 0 aliphatic carbocycles. The molecule has 1 heterocycles. The molecule has 1 rings (SSSR count). The standard InChI is InChI=1S/C11H14F3N.C2H6/c1-4-8-5-9(7(2)3)10(6-15-8)11(12,13)14;1-2/h5-7H,4H2,1-3H3;1-2H3. The number of hydrogen-bond acceptors (Lipinski definition) is 1. The molecule has 0 fully saturated rings. The molecular formula is C13H20F3N. The molecule has 0 bridgehead atoms. The molecular weight excluding hydrogens is 227 g/mol. The Hall–Kier alpha value is -1.06. The normalized spacial score (nSPS) is 11.1. The first kappa shape index (κ1) is 15.9. The second kappa shape index (κ2) is 6.62. The first-order chi connectivity index (χ1) is 7.86. The Morgan fingerprint density at radius 2 is 1.76 bits per heavy atom. The average Bonchev–Trinajstić information content (AvgIpc) is 2.29. The third-order valence-corrected chi connectivity index (χ3v) is 2.28. The molecule has 0 aliphatic rings. The fourth-order valence-corrected chi connectivity index (χ4v) is 1.42. The van der Waals surface area contributed by atoms with Crippen LogP contribution in [0, 0.1) is 0 Å². The fourth-order valence-electron chi connectivity index (χ4n) is 1.42. The summed E-state index contributed by atoms with van der Waals surface area (Å²) in [4.78, 5) is 3.79. The Morgan fingerprint density at radius 3 is 2.12 bits per heavy atom. The number of rotatable bonds is 2. The lowest BCUT2D eigenvalue weighted by atomic mass is 9.97. The Balaban J connectivity index is 0.00000121. The van der Waals surface area contributed by atoms with Crippen LogP contribution in [0.2, 0.25) is 0 Å². The summed E-state index contributed by atoms with van der Waals surface area (Å²) in [6.45, 7) is 9.38. The van der Waals surface area contributed by atoms with Crippen molar-refractivity contribution >= 4 is 0 Å². The van der Waals surface area contributed by atoms with Gasteiger partial charge in [0.1, 0.15) is 0 Å². The summed E-state index contributed by atoms with van der Waals surface area (Å²) < 4.78 is 37.8. The monoisotopic (exact) mass is 247 g/mol. The van der Waals surface area contributed by atoms with E-state index in [-0.39, 0.29) is 5.92 Å². The number of halogens is 3. The highest BCUT2D eigenvalue weighted by Gasteiger charge is 2.34. The van der Waals surface area contributed by atoms with Crippen LogP contribution < -0.4 is 0 Å². The molecule has 0 saturated heterocycles. The zero-order chi connectivity index (χ0) is 13.6. The van der Waals surface area contributed by atoms with Crippen molar-refractivity contribution in [1.82, 2.24) is 4.98 Å². The van der Waals surface area contributed by atoms with E-state index < -0.39 is 11.7 Å². The number of pyridine rings is 1. The molecule has 0 atom stereocenters. The molecule has 98 valence electrons. The number of aryl methyl sites for hydroxylation is 1. The van der Waals surface area contributed by atoms with E-state index in [1.807, 2.05) is 20.8 Å². The zero-order valence-electron chi connectivity index (χ0n) is 11.0. The molecule has 4 heteroatoms. The Morgan fingerprint density at radius 1 is 1.24 bits per heavy atom. The van der Waals surface area contributed by atoms with Crippen LogP contribution in [0.3, 0.4) is 0 Å². The zero-order valence-corrected chi connectivity index (χ0v) is 11.0. The van der Waals surface area contributed by atoms with E-state index >= 15 is 0 Å². The van der Waals surface area contributed by atoms with Gasteiger partial charge in [-0.25, -0.2) is 0 Å². The highest BCUT2D eigenvalue weighted by Crippen LogP contribution is 2.34. The van der Waals surface area contributed by atoms with Crippen molar-refractivity contribution < 1.29 is 13.2 Å². The van der Waals surface area contributed by atoms with Gasteiger partial charge in [0.05, 0.1) is 5.56 Å². The van der Waals surface area contributed by atoms with E-state index in [0.29, 0.717) is 17.7 Å². The van der Waals surface area contributed by atoms with Gasteiger partial charge in [0, 0.05) is 11.9 Å². The molecule has 1 nitrogen and oxygen atoms in total. The van der Waals surface area contributed by atoms with Gasteiger partial charge in [0.15, 0.2) is 0 Å².